The van der Waals surface area contributed by atoms with Crippen LogP contribution in [0.3, 0.4) is 0 Å². The van der Waals surface area contributed by atoms with E-state index in [9.17, 15) is 13.2 Å². The van der Waals surface area contributed by atoms with Crippen LogP contribution in [0.25, 0.3) is 0 Å². The number of benzene rings is 2. The monoisotopic (exact) mass is 462 g/mol. The van der Waals surface area contributed by atoms with Crippen LogP contribution < -0.4 is 9.62 Å². The van der Waals surface area contributed by atoms with E-state index in [2.05, 4.69) is 5.32 Å². The quantitative estimate of drug-likeness (QED) is 0.576. The van der Waals surface area contributed by atoms with Gasteiger partial charge in [-0.25, -0.2) is 8.42 Å². The highest BCUT2D eigenvalue weighted by Crippen LogP contribution is 2.35. The molecule has 0 saturated carbocycles. The first-order chi connectivity index (χ1) is 13.1. The van der Waals surface area contributed by atoms with Crippen molar-refractivity contribution in [3.8, 4) is 0 Å². The van der Waals surface area contributed by atoms with Crippen LogP contribution in [-0.2, 0) is 27.7 Å². The fourth-order valence-corrected chi connectivity index (χ4v) is 4.35. The molecule has 0 spiro atoms. The predicted octanol–water partition coefficient (Wildman–Crippen LogP) is 5.18. The van der Waals surface area contributed by atoms with Crippen molar-refractivity contribution in [3.63, 3.8) is 0 Å². The van der Waals surface area contributed by atoms with E-state index in [-0.39, 0.29) is 20.8 Å². The van der Waals surface area contributed by atoms with E-state index >= 15 is 0 Å². The zero-order valence-corrected chi connectivity index (χ0v) is 18.8. The summed E-state index contributed by atoms with van der Waals surface area (Å²) in [6.45, 7) is 3.53. The SMILES string of the molecule is CCc1cccc(CC)c1NC(=O)CN(c1cc(Cl)c(Cl)cc1Cl)S(C)(=O)=O. The molecule has 0 fully saturated rings. The summed E-state index contributed by atoms with van der Waals surface area (Å²) in [6.07, 6.45) is 2.46. The van der Waals surface area contributed by atoms with Gasteiger partial charge in [-0.15, -0.1) is 0 Å². The molecule has 2 aromatic rings. The van der Waals surface area contributed by atoms with Gasteiger partial charge in [0.15, 0.2) is 0 Å². The van der Waals surface area contributed by atoms with E-state index in [4.69, 9.17) is 34.8 Å². The van der Waals surface area contributed by atoms with E-state index in [0.29, 0.717) is 5.69 Å². The minimum Gasteiger partial charge on any atom is -0.324 e. The fraction of sp³-hybridized carbons (Fsp3) is 0.316. The topological polar surface area (TPSA) is 66.5 Å². The average molecular weight is 464 g/mol. The smallest absolute Gasteiger partial charge is 0.245 e. The van der Waals surface area contributed by atoms with Crippen LogP contribution in [-0.4, -0.2) is 27.1 Å². The molecule has 0 saturated heterocycles. The molecule has 28 heavy (non-hydrogen) atoms. The van der Waals surface area contributed by atoms with Gasteiger partial charge in [-0.05, 0) is 36.1 Å². The van der Waals surface area contributed by atoms with Gasteiger partial charge in [-0.2, -0.15) is 0 Å². The van der Waals surface area contributed by atoms with Crippen molar-refractivity contribution >= 4 is 62.1 Å². The first-order valence-electron chi connectivity index (χ1n) is 8.61. The molecule has 0 aliphatic rings. The van der Waals surface area contributed by atoms with Crippen LogP contribution in [0.4, 0.5) is 11.4 Å². The lowest BCUT2D eigenvalue weighted by Gasteiger charge is -2.24. The first kappa shape index (κ1) is 22.8. The highest BCUT2D eigenvalue weighted by molar-refractivity contribution is 7.92. The number of anilines is 2. The maximum absolute atomic E-state index is 12.7. The number of aryl methyl sites for hydroxylation is 2. The predicted molar refractivity (Wildman–Crippen MR) is 117 cm³/mol. The largest absolute Gasteiger partial charge is 0.324 e. The number of hydrogen-bond donors (Lipinski definition) is 1. The molecule has 0 atom stereocenters. The number of carbonyl (C=O) groups excluding carboxylic acids is 1. The Balaban J connectivity index is 2.38. The van der Waals surface area contributed by atoms with Crippen molar-refractivity contribution in [3.05, 3.63) is 56.5 Å². The van der Waals surface area contributed by atoms with Crippen molar-refractivity contribution in [2.24, 2.45) is 0 Å². The molecule has 2 aromatic carbocycles. The summed E-state index contributed by atoms with van der Waals surface area (Å²) in [5, 5.41) is 3.26. The van der Waals surface area contributed by atoms with Crippen molar-refractivity contribution < 1.29 is 13.2 Å². The van der Waals surface area contributed by atoms with E-state index in [1.54, 1.807) is 0 Å². The third-order valence-corrected chi connectivity index (χ3v) is 6.36. The number of carbonyl (C=O) groups is 1. The maximum atomic E-state index is 12.7. The molecule has 0 unspecified atom stereocenters. The van der Waals surface area contributed by atoms with Gasteiger partial charge in [-0.1, -0.05) is 66.8 Å². The molecule has 5 nitrogen and oxygen atoms in total. The highest BCUT2D eigenvalue weighted by Gasteiger charge is 2.25. The normalized spacial score (nSPS) is 11.4. The Morgan fingerprint density at radius 3 is 2.04 bits per heavy atom. The Morgan fingerprint density at radius 2 is 1.54 bits per heavy atom. The van der Waals surface area contributed by atoms with Crippen molar-refractivity contribution in [2.45, 2.75) is 26.7 Å². The Morgan fingerprint density at radius 1 is 1.00 bits per heavy atom. The fourth-order valence-electron chi connectivity index (χ4n) is 2.80. The van der Waals surface area contributed by atoms with Gasteiger partial charge in [0.2, 0.25) is 15.9 Å². The van der Waals surface area contributed by atoms with E-state index in [1.165, 1.54) is 12.1 Å². The Kier molecular flexibility index (Phi) is 7.62. The zero-order valence-electron chi connectivity index (χ0n) is 15.7. The van der Waals surface area contributed by atoms with Gasteiger partial charge < -0.3 is 5.32 Å². The first-order valence-corrected chi connectivity index (χ1v) is 11.6. The van der Waals surface area contributed by atoms with Crippen LogP contribution in [0.15, 0.2) is 30.3 Å². The van der Waals surface area contributed by atoms with Gasteiger partial charge in [0.05, 0.1) is 27.0 Å². The molecular weight excluding hydrogens is 443 g/mol. The molecular formula is C19H21Cl3N2O3S. The molecule has 152 valence electrons. The number of nitrogens with zero attached hydrogens (tertiary/aromatic N) is 1. The summed E-state index contributed by atoms with van der Waals surface area (Å²) in [6, 6.07) is 8.47. The second-order valence-electron chi connectivity index (χ2n) is 6.19. The van der Waals surface area contributed by atoms with Crippen LogP contribution in [0.5, 0.6) is 0 Å². The molecule has 9 heteroatoms. The molecule has 0 aromatic heterocycles. The molecule has 0 bridgehead atoms. The van der Waals surface area contributed by atoms with Crippen molar-refractivity contribution in [2.75, 3.05) is 22.4 Å². The standard InChI is InChI=1S/C19H21Cl3N2O3S/c1-4-12-7-6-8-13(5-2)19(12)23-18(25)11-24(28(3,26)27)17-10-15(21)14(20)9-16(17)22/h6-10H,4-5,11H2,1-3H3,(H,23,25). The summed E-state index contributed by atoms with van der Waals surface area (Å²) in [5.74, 6) is -0.483. The maximum Gasteiger partial charge on any atom is 0.245 e. The van der Waals surface area contributed by atoms with Gasteiger partial charge in [-0.3, -0.25) is 9.10 Å². The van der Waals surface area contributed by atoms with Gasteiger partial charge in [0.1, 0.15) is 6.54 Å². The molecule has 0 radical (unpaired) electrons. The summed E-state index contributed by atoms with van der Waals surface area (Å²) in [5.41, 5.74) is 2.76. The minimum absolute atomic E-state index is 0.0795. The lowest BCUT2D eigenvalue weighted by molar-refractivity contribution is -0.114. The Hall–Kier alpha value is -1.47. The third kappa shape index (κ3) is 5.32. The average Bonchev–Trinajstić information content (AvgIpc) is 2.62. The number of rotatable bonds is 7. The second kappa shape index (κ2) is 9.35. The molecule has 1 N–H and O–H groups in total. The Bertz CT molecular complexity index is 972. The molecule has 0 aliphatic carbocycles. The molecule has 0 heterocycles. The molecule has 1 amide bonds. The number of amides is 1. The van der Waals surface area contributed by atoms with Gasteiger partial charge in [0, 0.05) is 5.69 Å². The Labute approximate surface area is 180 Å². The number of halogens is 3. The highest BCUT2D eigenvalue weighted by atomic mass is 35.5. The van der Waals surface area contributed by atoms with Crippen LogP contribution >= 0.6 is 34.8 Å². The van der Waals surface area contributed by atoms with E-state index < -0.39 is 22.5 Å². The van der Waals surface area contributed by atoms with E-state index in [1.807, 2.05) is 32.0 Å². The van der Waals surface area contributed by atoms with Crippen LogP contribution in [0.1, 0.15) is 25.0 Å². The number of para-hydroxylation sites is 1. The summed E-state index contributed by atoms with van der Waals surface area (Å²) >= 11 is 18.1. The number of nitrogens with one attached hydrogen (secondary N) is 1. The lowest BCUT2D eigenvalue weighted by Crippen LogP contribution is -2.38. The zero-order chi connectivity index (χ0) is 21.1. The van der Waals surface area contributed by atoms with Crippen molar-refractivity contribution in [1.82, 2.24) is 0 Å². The van der Waals surface area contributed by atoms with Crippen LogP contribution in [0.2, 0.25) is 15.1 Å². The van der Waals surface area contributed by atoms with Gasteiger partial charge in [0.25, 0.3) is 0 Å². The second-order valence-corrected chi connectivity index (χ2v) is 9.32. The van der Waals surface area contributed by atoms with Crippen LogP contribution in [0, 0.1) is 0 Å². The minimum atomic E-state index is -3.80. The number of hydrogen-bond acceptors (Lipinski definition) is 3. The van der Waals surface area contributed by atoms with Gasteiger partial charge >= 0.3 is 0 Å². The molecule has 0 aliphatic heterocycles. The lowest BCUT2D eigenvalue weighted by atomic mass is 10.0. The number of sulfonamides is 1. The summed E-state index contributed by atoms with van der Waals surface area (Å²) in [4.78, 5) is 12.7. The van der Waals surface area contributed by atoms with Crippen molar-refractivity contribution in [1.29, 1.82) is 0 Å². The summed E-state index contributed by atoms with van der Waals surface area (Å²) < 4.78 is 25.6. The van der Waals surface area contributed by atoms with E-state index in [0.717, 1.165) is 34.5 Å². The third-order valence-electron chi connectivity index (χ3n) is 4.21. The summed E-state index contributed by atoms with van der Waals surface area (Å²) in [7, 11) is -3.80. The molecule has 2 rings (SSSR count).